The zero-order valence-electron chi connectivity index (χ0n) is 16.5. The summed E-state index contributed by atoms with van der Waals surface area (Å²) in [6, 6.07) is 9.47. The number of carbonyl (C=O) groups excluding carboxylic acids is 1. The van der Waals surface area contributed by atoms with E-state index in [-0.39, 0.29) is 5.91 Å². The lowest BCUT2D eigenvalue weighted by Gasteiger charge is -2.38. The monoisotopic (exact) mass is 368 g/mol. The predicted octanol–water partition coefficient (Wildman–Crippen LogP) is 5.00. The second-order valence-electron chi connectivity index (χ2n) is 8.43. The average molecular weight is 369 g/mol. The largest absolute Gasteiger partial charge is 0.464 e. The molecule has 4 aliphatic rings. The van der Waals surface area contributed by atoms with Gasteiger partial charge in [-0.1, -0.05) is 18.6 Å². The Hall–Kier alpha value is -1.81. The Balaban J connectivity index is 1.35. The Bertz CT molecular complexity index is 717. The number of piperidine rings is 1. The first-order valence-electron chi connectivity index (χ1n) is 10.7. The number of carbonyl (C=O) groups is 1. The zero-order valence-corrected chi connectivity index (χ0v) is 16.5. The van der Waals surface area contributed by atoms with Gasteiger partial charge in [0.25, 0.3) is 0 Å². The molecule has 0 bridgehead atoms. The standard InChI is InChI=1S/C23H32N2O2/c1-17(26)24-19-10-8-18(9-11-19)12-15-25-14-3-2-6-22(25)20-13-16-27-23-7-4-5-21(20)23/h4-5,7,13,16,18-19,22H,2-3,6,8-12,14-15H2,1H3,(H,24,26)/t18-,19-,22?. The van der Waals surface area contributed by atoms with Crippen LogP contribution in [-0.2, 0) is 4.79 Å². The molecule has 0 radical (unpaired) electrons. The van der Waals surface area contributed by atoms with Crippen LogP contribution in [0.4, 0.5) is 0 Å². The summed E-state index contributed by atoms with van der Waals surface area (Å²) in [5, 5.41) is 3.09. The van der Waals surface area contributed by atoms with Crippen molar-refractivity contribution in [3.05, 3.63) is 36.1 Å². The Morgan fingerprint density at radius 3 is 2.81 bits per heavy atom. The van der Waals surface area contributed by atoms with Crippen LogP contribution in [0.5, 0.6) is 0 Å². The van der Waals surface area contributed by atoms with E-state index in [9.17, 15) is 4.79 Å². The number of nitrogens with zero attached hydrogens (tertiary/aromatic N) is 1. The fourth-order valence-corrected chi connectivity index (χ4v) is 5.15. The van der Waals surface area contributed by atoms with Gasteiger partial charge in [-0.3, -0.25) is 9.69 Å². The van der Waals surface area contributed by atoms with Crippen LogP contribution in [0.1, 0.15) is 69.9 Å². The predicted molar refractivity (Wildman–Crippen MR) is 108 cm³/mol. The van der Waals surface area contributed by atoms with E-state index in [1.54, 1.807) is 6.92 Å². The van der Waals surface area contributed by atoms with E-state index in [1.807, 2.05) is 6.26 Å². The molecule has 0 spiro atoms. The summed E-state index contributed by atoms with van der Waals surface area (Å²) in [4.78, 5) is 14.0. The van der Waals surface area contributed by atoms with Gasteiger partial charge in [0.05, 0.1) is 6.26 Å². The van der Waals surface area contributed by atoms with Crippen LogP contribution >= 0.6 is 0 Å². The number of rotatable bonds is 5. The van der Waals surface area contributed by atoms with Crippen LogP contribution in [-0.4, -0.2) is 29.9 Å². The summed E-state index contributed by atoms with van der Waals surface area (Å²) in [7, 11) is 0. The third kappa shape index (κ3) is 4.37. The van der Waals surface area contributed by atoms with Gasteiger partial charge in [-0.2, -0.15) is 0 Å². The summed E-state index contributed by atoms with van der Waals surface area (Å²) in [5.74, 6) is 1.93. The lowest BCUT2D eigenvalue weighted by molar-refractivity contribution is -0.119. The molecule has 1 saturated carbocycles. The Kier molecular flexibility index (Phi) is 5.82. The molecular formula is C23H32N2O2. The molecule has 0 aromatic heterocycles. The lowest BCUT2D eigenvalue weighted by Crippen LogP contribution is -2.38. The van der Waals surface area contributed by atoms with E-state index >= 15 is 0 Å². The number of fused-ring (bicyclic) bond motifs is 1. The Morgan fingerprint density at radius 1 is 1.15 bits per heavy atom. The first kappa shape index (κ1) is 18.5. The molecule has 1 N–H and O–H groups in total. The molecule has 1 unspecified atom stereocenters. The topological polar surface area (TPSA) is 45.5 Å². The SMILES string of the molecule is CC(=O)N[C@H]1CC[C@H](CCN2CCCCC2c2ccoc3cccc2-3)CC1. The van der Waals surface area contributed by atoms with E-state index in [4.69, 9.17) is 4.42 Å². The number of hydrogen-bond acceptors (Lipinski definition) is 3. The molecule has 1 atom stereocenters. The van der Waals surface area contributed by atoms with Gasteiger partial charge in [-0.05, 0) is 81.6 Å². The molecular weight excluding hydrogens is 336 g/mol. The van der Waals surface area contributed by atoms with E-state index in [0.29, 0.717) is 12.1 Å². The van der Waals surface area contributed by atoms with Crippen molar-refractivity contribution in [3.8, 4) is 11.3 Å². The van der Waals surface area contributed by atoms with Crippen molar-refractivity contribution in [1.82, 2.24) is 10.2 Å². The summed E-state index contributed by atoms with van der Waals surface area (Å²) in [6.45, 7) is 4.03. The quantitative estimate of drug-likeness (QED) is 0.808. The van der Waals surface area contributed by atoms with Gasteiger partial charge in [0.2, 0.25) is 5.91 Å². The first-order valence-corrected chi connectivity index (χ1v) is 10.7. The van der Waals surface area contributed by atoms with Gasteiger partial charge in [0.15, 0.2) is 0 Å². The molecule has 4 heteroatoms. The highest BCUT2D eigenvalue weighted by Gasteiger charge is 2.28. The van der Waals surface area contributed by atoms with Crippen molar-refractivity contribution >= 4 is 5.91 Å². The number of hydrogen-bond donors (Lipinski definition) is 1. The van der Waals surface area contributed by atoms with E-state index in [2.05, 4.69) is 34.5 Å². The number of likely N-dealkylation sites (tertiary alicyclic amines) is 1. The molecule has 0 aromatic carbocycles. The Morgan fingerprint density at radius 2 is 2.00 bits per heavy atom. The van der Waals surface area contributed by atoms with Crippen LogP contribution < -0.4 is 5.32 Å². The maximum absolute atomic E-state index is 11.2. The van der Waals surface area contributed by atoms with Gasteiger partial charge < -0.3 is 9.73 Å². The second kappa shape index (κ2) is 8.47. The minimum atomic E-state index is 0.114. The van der Waals surface area contributed by atoms with Gasteiger partial charge in [-0.15, -0.1) is 0 Å². The highest BCUT2D eigenvalue weighted by Crippen LogP contribution is 2.39. The van der Waals surface area contributed by atoms with E-state index in [1.165, 1.54) is 62.7 Å². The van der Waals surface area contributed by atoms with Gasteiger partial charge in [0.1, 0.15) is 5.76 Å². The molecule has 2 aliphatic carbocycles. The zero-order chi connectivity index (χ0) is 18.6. The molecule has 4 nitrogen and oxygen atoms in total. The van der Waals surface area contributed by atoms with Crippen molar-refractivity contribution in [2.75, 3.05) is 13.1 Å². The molecule has 1 saturated heterocycles. The molecule has 27 heavy (non-hydrogen) atoms. The summed E-state index contributed by atoms with van der Waals surface area (Å²) >= 11 is 0. The molecule has 146 valence electrons. The third-order valence-electron chi connectivity index (χ3n) is 6.58. The van der Waals surface area contributed by atoms with Gasteiger partial charge in [-0.25, -0.2) is 0 Å². The van der Waals surface area contributed by atoms with Crippen molar-refractivity contribution in [3.63, 3.8) is 0 Å². The molecule has 2 aliphatic heterocycles. The van der Waals surface area contributed by atoms with E-state index in [0.717, 1.165) is 24.5 Å². The fourth-order valence-electron chi connectivity index (χ4n) is 5.15. The number of nitrogens with one attached hydrogen (secondary N) is 1. The van der Waals surface area contributed by atoms with Crippen molar-refractivity contribution in [1.29, 1.82) is 0 Å². The highest BCUT2D eigenvalue weighted by molar-refractivity contribution is 5.73. The van der Waals surface area contributed by atoms with Crippen LogP contribution in [0.25, 0.3) is 11.3 Å². The van der Waals surface area contributed by atoms with Crippen molar-refractivity contribution < 1.29 is 9.21 Å². The minimum Gasteiger partial charge on any atom is -0.464 e. The minimum absolute atomic E-state index is 0.114. The van der Waals surface area contributed by atoms with Crippen LogP contribution in [0.3, 0.4) is 0 Å². The summed E-state index contributed by atoms with van der Waals surface area (Å²) in [6.07, 6.45) is 11.8. The van der Waals surface area contributed by atoms with Gasteiger partial charge in [0, 0.05) is 24.6 Å². The van der Waals surface area contributed by atoms with E-state index < -0.39 is 0 Å². The lowest BCUT2D eigenvalue weighted by atomic mass is 9.83. The number of amides is 1. The normalized spacial score (nSPS) is 26.9. The maximum atomic E-state index is 11.2. The van der Waals surface area contributed by atoms with Crippen LogP contribution in [0, 0.1) is 5.92 Å². The summed E-state index contributed by atoms with van der Waals surface area (Å²) < 4.78 is 5.66. The Labute approximate surface area is 162 Å². The average Bonchev–Trinajstić information content (AvgIpc) is 3.16. The molecule has 2 heterocycles. The second-order valence-corrected chi connectivity index (χ2v) is 8.43. The molecule has 1 amide bonds. The fraction of sp³-hybridized carbons (Fsp3) is 0.609. The molecule has 2 fully saturated rings. The summed E-state index contributed by atoms with van der Waals surface area (Å²) in [5.41, 5.74) is 2.72. The maximum Gasteiger partial charge on any atom is 0.217 e. The first-order chi connectivity index (χ1) is 13.2. The highest BCUT2D eigenvalue weighted by atomic mass is 16.3. The molecule has 0 aromatic rings. The molecule has 4 rings (SSSR count). The smallest absolute Gasteiger partial charge is 0.217 e. The van der Waals surface area contributed by atoms with Crippen LogP contribution in [0.2, 0.25) is 0 Å². The third-order valence-corrected chi connectivity index (χ3v) is 6.58. The van der Waals surface area contributed by atoms with Gasteiger partial charge >= 0.3 is 0 Å². The van der Waals surface area contributed by atoms with Crippen LogP contribution in [0.15, 0.2) is 34.9 Å². The van der Waals surface area contributed by atoms with Crippen molar-refractivity contribution in [2.24, 2.45) is 5.92 Å². The van der Waals surface area contributed by atoms with Crippen molar-refractivity contribution in [2.45, 2.75) is 70.4 Å².